The van der Waals surface area contributed by atoms with E-state index in [-0.39, 0.29) is 11.8 Å². The van der Waals surface area contributed by atoms with Crippen LogP contribution >= 0.6 is 0 Å². The Bertz CT molecular complexity index is 847. The molecule has 1 amide bonds. The lowest BCUT2D eigenvalue weighted by Crippen LogP contribution is -2.39. The molecule has 0 saturated carbocycles. The molecule has 0 spiro atoms. The zero-order chi connectivity index (χ0) is 17.1. The predicted molar refractivity (Wildman–Crippen MR) is 93.9 cm³/mol. The van der Waals surface area contributed by atoms with E-state index in [1.165, 1.54) is 0 Å². The molecule has 25 heavy (non-hydrogen) atoms. The molecule has 126 valence electrons. The fraction of sp³-hybridized carbons (Fsp3) is 0.263. The molecule has 6 heteroatoms. The van der Waals surface area contributed by atoms with E-state index in [1.807, 2.05) is 41.3 Å². The number of nitrogens with zero attached hydrogens (tertiary/aromatic N) is 4. The highest BCUT2D eigenvalue weighted by atomic mass is 16.2. The van der Waals surface area contributed by atoms with Gasteiger partial charge in [0.2, 0.25) is 0 Å². The number of hydrogen-bond donors (Lipinski definition) is 1. The predicted octanol–water partition coefficient (Wildman–Crippen LogP) is 2.89. The number of rotatable bonds is 3. The van der Waals surface area contributed by atoms with Crippen LogP contribution in [0.5, 0.6) is 0 Å². The average Bonchev–Trinajstić information content (AvgIpc) is 3.19. The highest BCUT2D eigenvalue weighted by molar-refractivity contribution is 5.98. The van der Waals surface area contributed by atoms with Crippen molar-refractivity contribution in [1.29, 1.82) is 0 Å². The third-order valence-corrected chi connectivity index (χ3v) is 4.63. The first-order chi connectivity index (χ1) is 12.3. The minimum Gasteiger partial charge on any atom is -0.340 e. The first-order valence-electron chi connectivity index (χ1n) is 8.47. The van der Waals surface area contributed by atoms with E-state index >= 15 is 0 Å². The van der Waals surface area contributed by atoms with Crippen LogP contribution in [0.15, 0.2) is 55.2 Å². The average molecular weight is 333 g/mol. The molecule has 3 heterocycles. The maximum absolute atomic E-state index is 13.1. The lowest BCUT2D eigenvalue weighted by molar-refractivity contribution is 0.0701. The molecule has 3 aromatic rings. The van der Waals surface area contributed by atoms with Gasteiger partial charge in [-0.3, -0.25) is 4.79 Å². The molecule has 1 saturated heterocycles. The number of carbonyl (C=O) groups excluding carboxylic acids is 1. The van der Waals surface area contributed by atoms with Gasteiger partial charge in [-0.2, -0.15) is 0 Å². The topological polar surface area (TPSA) is 74.8 Å². The number of H-pyrrole nitrogens is 1. The molecule has 4 rings (SSSR count). The van der Waals surface area contributed by atoms with Gasteiger partial charge < -0.3 is 9.88 Å². The van der Waals surface area contributed by atoms with Crippen molar-refractivity contribution < 1.29 is 4.79 Å². The summed E-state index contributed by atoms with van der Waals surface area (Å²) in [5, 5.41) is 0. The van der Waals surface area contributed by atoms with Crippen molar-refractivity contribution in [1.82, 2.24) is 24.8 Å². The second-order valence-corrected chi connectivity index (χ2v) is 6.22. The molecule has 0 unspecified atom stereocenters. The van der Waals surface area contributed by atoms with E-state index in [4.69, 9.17) is 0 Å². The lowest BCUT2D eigenvalue weighted by atomic mass is 9.94. The molecule has 1 aromatic carbocycles. The monoisotopic (exact) mass is 333 g/mol. The summed E-state index contributed by atoms with van der Waals surface area (Å²) in [5.74, 6) is 0.249. The highest BCUT2D eigenvalue weighted by Crippen LogP contribution is 2.27. The number of carbonyl (C=O) groups is 1. The summed E-state index contributed by atoms with van der Waals surface area (Å²) in [6.45, 7) is 1.43. The van der Waals surface area contributed by atoms with Crippen LogP contribution in [0, 0.1) is 0 Å². The van der Waals surface area contributed by atoms with Crippen molar-refractivity contribution >= 4 is 5.91 Å². The Morgan fingerprint density at radius 2 is 2.04 bits per heavy atom. The van der Waals surface area contributed by atoms with Gasteiger partial charge in [0.05, 0.1) is 6.33 Å². The van der Waals surface area contributed by atoms with Crippen molar-refractivity contribution in [2.24, 2.45) is 0 Å². The summed E-state index contributed by atoms with van der Waals surface area (Å²) >= 11 is 0. The Morgan fingerprint density at radius 3 is 2.84 bits per heavy atom. The second-order valence-electron chi connectivity index (χ2n) is 6.22. The van der Waals surface area contributed by atoms with Gasteiger partial charge in [-0.05, 0) is 18.9 Å². The maximum atomic E-state index is 13.1. The third kappa shape index (κ3) is 3.15. The van der Waals surface area contributed by atoms with Crippen LogP contribution in [0.2, 0.25) is 0 Å². The molecule has 1 N–H and O–H groups in total. The minimum absolute atomic E-state index is 0.00453. The highest BCUT2D eigenvalue weighted by Gasteiger charge is 2.28. The van der Waals surface area contributed by atoms with E-state index in [1.54, 1.807) is 18.9 Å². The van der Waals surface area contributed by atoms with Crippen molar-refractivity contribution in [3.8, 4) is 11.3 Å². The van der Waals surface area contributed by atoms with E-state index in [2.05, 4.69) is 19.9 Å². The molecular weight excluding hydrogens is 314 g/mol. The Balaban J connectivity index is 1.57. The van der Waals surface area contributed by atoms with Gasteiger partial charge in [-0.15, -0.1) is 0 Å². The van der Waals surface area contributed by atoms with Crippen LogP contribution in [0.4, 0.5) is 0 Å². The number of imidazole rings is 1. The summed E-state index contributed by atoms with van der Waals surface area (Å²) in [5.41, 5.74) is 3.20. The summed E-state index contributed by atoms with van der Waals surface area (Å²) < 4.78 is 0. The van der Waals surface area contributed by atoms with Crippen LogP contribution in [0.1, 0.15) is 34.9 Å². The number of hydrogen-bond acceptors (Lipinski definition) is 4. The quantitative estimate of drug-likeness (QED) is 0.800. The van der Waals surface area contributed by atoms with E-state index in [9.17, 15) is 4.79 Å². The van der Waals surface area contributed by atoms with E-state index < -0.39 is 0 Å². The molecule has 0 aliphatic carbocycles. The minimum atomic E-state index is -0.00453. The van der Waals surface area contributed by atoms with Crippen LogP contribution in [0.3, 0.4) is 0 Å². The van der Waals surface area contributed by atoms with Gasteiger partial charge in [-0.1, -0.05) is 30.3 Å². The molecular formula is C19H19N5O. The second kappa shape index (κ2) is 6.84. The normalized spacial score (nSPS) is 17.4. The Hall–Kier alpha value is -3.02. The number of piperidine rings is 1. The zero-order valence-electron chi connectivity index (χ0n) is 13.8. The largest absolute Gasteiger partial charge is 0.340 e. The Labute approximate surface area is 146 Å². The smallest absolute Gasteiger partial charge is 0.272 e. The molecule has 0 bridgehead atoms. The van der Waals surface area contributed by atoms with Crippen LogP contribution in [-0.4, -0.2) is 43.8 Å². The maximum Gasteiger partial charge on any atom is 0.272 e. The number of likely N-dealkylation sites (tertiary alicyclic amines) is 1. The number of nitrogens with one attached hydrogen (secondary N) is 1. The molecule has 0 radical (unpaired) electrons. The van der Waals surface area contributed by atoms with E-state index in [0.29, 0.717) is 17.9 Å². The van der Waals surface area contributed by atoms with Gasteiger partial charge in [0.25, 0.3) is 5.91 Å². The lowest BCUT2D eigenvalue weighted by Gasteiger charge is -2.32. The van der Waals surface area contributed by atoms with Gasteiger partial charge >= 0.3 is 0 Å². The van der Waals surface area contributed by atoms with E-state index in [0.717, 1.165) is 30.6 Å². The molecule has 1 aliphatic rings. The zero-order valence-corrected chi connectivity index (χ0v) is 13.8. The van der Waals surface area contributed by atoms with Gasteiger partial charge in [0, 0.05) is 36.5 Å². The molecule has 6 nitrogen and oxygen atoms in total. The number of amides is 1. The third-order valence-electron chi connectivity index (χ3n) is 4.63. The summed E-state index contributed by atoms with van der Waals surface area (Å²) in [6, 6.07) is 11.7. The van der Waals surface area contributed by atoms with Crippen LogP contribution < -0.4 is 0 Å². The molecule has 2 aromatic heterocycles. The Morgan fingerprint density at radius 1 is 1.16 bits per heavy atom. The first kappa shape index (κ1) is 15.5. The van der Waals surface area contributed by atoms with Gasteiger partial charge in [-0.25, -0.2) is 15.0 Å². The van der Waals surface area contributed by atoms with Crippen molar-refractivity contribution in [3.63, 3.8) is 0 Å². The first-order valence-corrected chi connectivity index (χ1v) is 8.47. The molecule has 1 atom stereocenters. The fourth-order valence-electron chi connectivity index (χ4n) is 3.38. The summed E-state index contributed by atoms with van der Waals surface area (Å²) in [6.07, 6.45) is 6.91. The van der Waals surface area contributed by atoms with Crippen molar-refractivity contribution in [2.45, 2.75) is 18.8 Å². The summed E-state index contributed by atoms with van der Waals surface area (Å²) in [4.78, 5) is 30.7. The number of aromatic nitrogens is 4. The SMILES string of the molecule is O=C(c1[nH]cnc1-c1ccccc1)N1CCC[C@@H](c2ccncn2)C1. The van der Waals surface area contributed by atoms with Crippen LogP contribution in [0.25, 0.3) is 11.3 Å². The summed E-state index contributed by atoms with van der Waals surface area (Å²) in [7, 11) is 0. The Kier molecular flexibility index (Phi) is 4.24. The molecule has 1 fully saturated rings. The van der Waals surface area contributed by atoms with Gasteiger partial charge in [0.1, 0.15) is 17.7 Å². The number of aromatic amines is 1. The standard InChI is InChI=1S/C19H19N5O/c25-19(18-17(22-13-23-18)14-5-2-1-3-6-14)24-10-4-7-15(11-24)16-8-9-20-12-21-16/h1-3,5-6,8-9,12-13,15H,4,7,10-11H2,(H,22,23)/t15-/m1/s1. The number of benzene rings is 1. The fourth-order valence-corrected chi connectivity index (χ4v) is 3.38. The van der Waals surface area contributed by atoms with Crippen molar-refractivity contribution in [2.75, 3.05) is 13.1 Å². The van der Waals surface area contributed by atoms with Crippen LogP contribution in [-0.2, 0) is 0 Å². The molecule has 1 aliphatic heterocycles. The van der Waals surface area contributed by atoms with Crippen molar-refractivity contribution in [3.05, 3.63) is 66.6 Å². The van der Waals surface area contributed by atoms with Gasteiger partial charge in [0.15, 0.2) is 0 Å².